The van der Waals surface area contributed by atoms with E-state index in [0.29, 0.717) is 23.7 Å². The fourth-order valence-electron chi connectivity index (χ4n) is 3.81. The molecule has 3 aromatic carbocycles. The predicted molar refractivity (Wildman–Crippen MR) is 141 cm³/mol. The summed E-state index contributed by atoms with van der Waals surface area (Å²) in [5.41, 5.74) is 3.45. The van der Waals surface area contributed by atoms with Gasteiger partial charge in [-0.25, -0.2) is 0 Å². The van der Waals surface area contributed by atoms with Crippen LogP contribution in [0.3, 0.4) is 0 Å². The first-order chi connectivity index (χ1) is 16.5. The van der Waals surface area contributed by atoms with Crippen molar-refractivity contribution in [3.05, 3.63) is 95.0 Å². The number of nitrogens with one attached hydrogen (secondary N) is 2. The van der Waals surface area contributed by atoms with Crippen LogP contribution in [-0.4, -0.2) is 48.0 Å². The Kier molecular flexibility index (Phi) is 7.77. The Balaban J connectivity index is 1.25. The summed E-state index contributed by atoms with van der Waals surface area (Å²) < 4.78 is 0. The molecule has 0 unspecified atom stereocenters. The topological polar surface area (TPSA) is 64.7 Å². The van der Waals surface area contributed by atoms with Crippen LogP contribution in [0.5, 0.6) is 0 Å². The van der Waals surface area contributed by atoms with Crippen LogP contribution >= 0.6 is 23.8 Å². The van der Waals surface area contributed by atoms with Crippen molar-refractivity contribution in [2.45, 2.75) is 6.42 Å². The van der Waals surface area contributed by atoms with Crippen molar-refractivity contribution in [1.82, 2.24) is 10.2 Å². The van der Waals surface area contributed by atoms with Gasteiger partial charge in [-0.2, -0.15) is 0 Å². The molecule has 1 aliphatic rings. The molecule has 0 aliphatic carbocycles. The fourth-order valence-corrected chi connectivity index (χ4v) is 4.17. The average molecular weight is 493 g/mol. The first-order valence-electron chi connectivity index (χ1n) is 11.0. The monoisotopic (exact) mass is 492 g/mol. The van der Waals surface area contributed by atoms with E-state index in [1.807, 2.05) is 59.5 Å². The average Bonchev–Trinajstić information content (AvgIpc) is 2.85. The van der Waals surface area contributed by atoms with Gasteiger partial charge in [0.2, 0.25) is 5.91 Å². The molecule has 0 saturated carbocycles. The van der Waals surface area contributed by atoms with E-state index >= 15 is 0 Å². The molecule has 174 valence electrons. The van der Waals surface area contributed by atoms with Crippen LogP contribution in [0.25, 0.3) is 0 Å². The van der Waals surface area contributed by atoms with E-state index in [1.165, 1.54) is 0 Å². The molecule has 2 N–H and O–H groups in total. The summed E-state index contributed by atoms with van der Waals surface area (Å²) in [6.07, 6.45) is 0.272. The maximum absolute atomic E-state index is 12.7. The first kappa shape index (κ1) is 23.7. The quantitative estimate of drug-likeness (QED) is 0.518. The van der Waals surface area contributed by atoms with Crippen LogP contribution < -0.4 is 15.5 Å². The maximum atomic E-state index is 12.7. The largest absolute Gasteiger partial charge is 0.368 e. The number of carbonyl (C=O) groups excluding carboxylic acids is 2. The Morgan fingerprint density at radius 2 is 1.50 bits per heavy atom. The second-order valence-corrected chi connectivity index (χ2v) is 8.84. The summed E-state index contributed by atoms with van der Waals surface area (Å²) in [5, 5.41) is 6.65. The molecular weight excluding hydrogens is 468 g/mol. The van der Waals surface area contributed by atoms with Crippen molar-refractivity contribution in [1.29, 1.82) is 0 Å². The summed E-state index contributed by atoms with van der Waals surface area (Å²) in [7, 11) is 0. The lowest BCUT2D eigenvalue weighted by molar-refractivity contribution is -0.119. The second kappa shape index (κ2) is 11.1. The molecule has 0 atom stereocenters. The number of anilines is 2. The molecule has 0 radical (unpaired) electrons. The summed E-state index contributed by atoms with van der Waals surface area (Å²) in [4.78, 5) is 29.0. The van der Waals surface area contributed by atoms with Gasteiger partial charge in [-0.1, -0.05) is 41.9 Å². The summed E-state index contributed by atoms with van der Waals surface area (Å²) in [6.45, 7) is 2.80. The zero-order valence-electron chi connectivity index (χ0n) is 18.5. The van der Waals surface area contributed by atoms with Crippen molar-refractivity contribution >= 4 is 52.1 Å². The van der Waals surface area contributed by atoms with Crippen molar-refractivity contribution in [3.63, 3.8) is 0 Å². The standard InChI is InChI=1S/C26H25ClN4O2S/c27-21-8-6-20(7-9-21)25(33)31-16-14-30(15-17-31)23-12-10-22(11-13-23)28-26(34)29-24(32)18-19-4-2-1-3-5-19/h1-13H,14-18H2,(H2,28,29,32,34). The van der Waals surface area contributed by atoms with E-state index in [-0.39, 0.29) is 23.3 Å². The van der Waals surface area contributed by atoms with Gasteiger partial charge in [-0.15, -0.1) is 0 Å². The van der Waals surface area contributed by atoms with E-state index in [2.05, 4.69) is 15.5 Å². The van der Waals surface area contributed by atoms with E-state index in [0.717, 1.165) is 30.0 Å². The highest BCUT2D eigenvalue weighted by Crippen LogP contribution is 2.20. The molecule has 1 heterocycles. The number of halogens is 1. The zero-order chi connectivity index (χ0) is 23.9. The summed E-state index contributed by atoms with van der Waals surface area (Å²) in [5.74, 6) is -0.134. The summed E-state index contributed by atoms with van der Waals surface area (Å²) >= 11 is 11.2. The lowest BCUT2D eigenvalue weighted by Crippen LogP contribution is -2.48. The van der Waals surface area contributed by atoms with E-state index < -0.39 is 0 Å². The molecule has 2 amide bonds. The van der Waals surface area contributed by atoms with Gasteiger partial charge >= 0.3 is 0 Å². The predicted octanol–water partition coefficient (Wildman–Crippen LogP) is 4.36. The van der Waals surface area contributed by atoms with Gasteiger partial charge in [0.05, 0.1) is 6.42 Å². The second-order valence-electron chi connectivity index (χ2n) is 8.00. The molecule has 1 fully saturated rings. The van der Waals surface area contributed by atoms with Crippen LogP contribution in [0.1, 0.15) is 15.9 Å². The minimum Gasteiger partial charge on any atom is -0.368 e. The van der Waals surface area contributed by atoms with Gasteiger partial charge in [-0.3, -0.25) is 9.59 Å². The molecule has 1 saturated heterocycles. The number of rotatable bonds is 5. The molecule has 8 heteroatoms. The van der Waals surface area contributed by atoms with E-state index in [9.17, 15) is 9.59 Å². The number of carbonyl (C=O) groups is 2. The van der Waals surface area contributed by atoms with Crippen LogP contribution in [0, 0.1) is 0 Å². The minimum absolute atomic E-state index is 0.0266. The molecule has 0 bridgehead atoms. The third-order valence-electron chi connectivity index (χ3n) is 5.61. The van der Waals surface area contributed by atoms with E-state index in [1.54, 1.807) is 24.3 Å². The Hall–Kier alpha value is -3.42. The Bertz CT molecular complexity index is 1150. The molecular formula is C26H25ClN4O2S. The SMILES string of the molecule is O=C(Cc1ccccc1)NC(=S)Nc1ccc(N2CCN(C(=O)c3ccc(Cl)cc3)CC2)cc1. The highest BCUT2D eigenvalue weighted by molar-refractivity contribution is 7.80. The maximum Gasteiger partial charge on any atom is 0.253 e. The highest BCUT2D eigenvalue weighted by Gasteiger charge is 2.22. The molecule has 6 nitrogen and oxygen atoms in total. The van der Waals surface area contributed by atoms with Gasteiger partial charge in [-0.05, 0) is 66.3 Å². The van der Waals surface area contributed by atoms with E-state index in [4.69, 9.17) is 23.8 Å². The van der Waals surface area contributed by atoms with Gasteiger partial charge in [0.25, 0.3) is 5.91 Å². The zero-order valence-corrected chi connectivity index (χ0v) is 20.1. The third-order valence-corrected chi connectivity index (χ3v) is 6.06. The Labute approximate surface area is 209 Å². The van der Waals surface area contributed by atoms with Gasteiger partial charge in [0.1, 0.15) is 0 Å². The van der Waals surface area contributed by atoms with Crippen LogP contribution in [0.15, 0.2) is 78.9 Å². The molecule has 1 aliphatic heterocycles. The number of hydrogen-bond acceptors (Lipinski definition) is 4. The van der Waals surface area contributed by atoms with Crippen LogP contribution in [0.4, 0.5) is 11.4 Å². The molecule has 0 spiro atoms. The smallest absolute Gasteiger partial charge is 0.253 e. The number of hydrogen-bond donors (Lipinski definition) is 2. The Morgan fingerprint density at radius 3 is 2.15 bits per heavy atom. The summed E-state index contributed by atoms with van der Waals surface area (Å²) in [6, 6.07) is 24.4. The van der Waals surface area contributed by atoms with Gasteiger partial charge < -0.3 is 20.4 Å². The third kappa shape index (κ3) is 6.34. The van der Waals surface area contributed by atoms with Crippen molar-refractivity contribution < 1.29 is 9.59 Å². The molecule has 3 aromatic rings. The van der Waals surface area contributed by atoms with Crippen LogP contribution in [-0.2, 0) is 11.2 Å². The van der Waals surface area contributed by atoms with Crippen molar-refractivity contribution in [3.8, 4) is 0 Å². The number of benzene rings is 3. The number of piperazine rings is 1. The molecule has 34 heavy (non-hydrogen) atoms. The Morgan fingerprint density at radius 1 is 0.853 bits per heavy atom. The molecule has 4 rings (SSSR count). The van der Waals surface area contributed by atoms with Crippen LogP contribution in [0.2, 0.25) is 5.02 Å². The number of nitrogens with zero attached hydrogens (tertiary/aromatic N) is 2. The lowest BCUT2D eigenvalue weighted by Gasteiger charge is -2.36. The molecule has 0 aromatic heterocycles. The number of amides is 2. The van der Waals surface area contributed by atoms with Crippen molar-refractivity contribution in [2.75, 3.05) is 36.4 Å². The fraction of sp³-hybridized carbons (Fsp3) is 0.192. The normalized spacial score (nSPS) is 13.3. The number of thiocarbonyl (C=S) groups is 1. The van der Waals surface area contributed by atoms with Gasteiger partial charge in [0, 0.05) is 48.1 Å². The lowest BCUT2D eigenvalue weighted by atomic mass is 10.1. The first-order valence-corrected chi connectivity index (χ1v) is 11.8. The minimum atomic E-state index is -0.161. The van der Waals surface area contributed by atoms with Gasteiger partial charge in [0.15, 0.2) is 5.11 Å². The van der Waals surface area contributed by atoms with Crippen molar-refractivity contribution in [2.24, 2.45) is 0 Å². The highest BCUT2D eigenvalue weighted by atomic mass is 35.5.